The zero-order valence-electron chi connectivity index (χ0n) is 16.6. The second kappa shape index (κ2) is 8.92. The first-order valence-corrected chi connectivity index (χ1v) is 10.7. The molecular weight excluding hydrogens is 447 g/mol. The van der Waals surface area contributed by atoms with Gasteiger partial charge in [0.25, 0.3) is 0 Å². The summed E-state index contributed by atoms with van der Waals surface area (Å²) < 4.78 is 14.5. The molecule has 1 fully saturated rings. The highest BCUT2D eigenvalue weighted by Gasteiger charge is 2.27. The summed E-state index contributed by atoms with van der Waals surface area (Å²) in [6.45, 7) is 3.37. The van der Waals surface area contributed by atoms with Crippen molar-refractivity contribution in [3.8, 4) is 11.1 Å². The molecule has 1 atom stereocenters. The standard InChI is InChI=1S/C23H22BrFN4O/c1-15-10-20(7-8-21(15)24)28-22(30)17-5-3-9-29(14-17)23-26-12-18(13-27-23)16-4-2-6-19(25)11-16/h2,4,6-8,10-13,17H,3,5,9,14H2,1H3,(H,28,30)/t17-/m1/s1. The lowest BCUT2D eigenvalue weighted by atomic mass is 9.97. The molecule has 4 rings (SSSR count). The predicted molar refractivity (Wildman–Crippen MR) is 120 cm³/mol. The Hall–Kier alpha value is -2.80. The van der Waals surface area contributed by atoms with Gasteiger partial charge in [0.2, 0.25) is 11.9 Å². The van der Waals surface area contributed by atoms with Gasteiger partial charge in [-0.25, -0.2) is 14.4 Å². The molecule has 154 valence electrons. The van der Waals surface area contributed by atoms with Crippen LogP contribution in [0.3, 0.4) is 0 Å². The topological polar surface area (TPSA) is 58.1 Å². The van der Waals surface area contributed by atoms with E-state index in [1.807, 2.05) is 36.1 Å². The van der Waals surface area contributed by atoms with E-state index in [2.05, 4.69) is 31.2 Å². The van der Waals surface area contributed by atoms with Crippen LogP contribution in [0.5, 0.6) is 0 Å². The molecular formula is C23H22BrFN4O. The van der Waals surface area contributed by atoms with E-state index in [1.165, 1.54) is 12.1 Å². The van der Waals surface area contributed by atoms with Gasteiger partial charge in [-0.1, -0.05) is 28.1 Å². The number of nitrogens with zero attached hydrogens (tertiary/aromatic N) is 3. The number of anilines is 2. The molecule has 0 spiro atoms. The van der Waals surface area contributed by atoms with Crippen molar-refractivity contribution in [1.29, 1.82) is 0 Å². The summed E-state index contributed by atoms with van der Waals surface area (Å²) in [6, 6.07) is 12.1. The number of rotatable bonds is 4. The lowest BCUT2D eigenvalue weighted by molar-refractivity contribution is -0.120. The third-order valence-electron chi connectivity index (χ3n) is 5.30. The van der Waals surface area contributed by atoms with E-state index in [0.29, 0.717) is 12.5 Å². The van der Waals surface area contributed by atoms with Crippen LogP contribution in [0.15, 0.2) is 59.3 Å². The van der Waals surface area contributed by atoms with Gasteiger partial charge < -0.3 is 10.2 Å². The van der Waals surface area contributed by atoms with E-state index in [-0.39, 0.29) is 17.6 Å². The Kier molecular flexibility index (Phi) is 6.08. The molecule has 7 heteroatoms. The van der Waals surface area contributed by atoms with Crippen LogP contribution in [0, 0.1) is 18.7 Å². The number of aryl methyl sites for hydroxylation is 1. The fraction of sp³-hybridized carbons (Fsp3) is 0.261. The number of amides is 1. The first kappa shape index (κ1) is 20.5. The molecule has 1 amide bonds. The molecule has 0 radical (unpaired) electrons. The van der Waals surface area contributed by atoms with E-state index >= 15 is 0 Å². The van der Waals surface area contributed by atoms with Gasteiger partial charge in [0, 0.05) is 41.2 Å². The fourth-order valence-electron chi connectivity index (χ4n) is 3.64. The van der Waals surface area contributed by atoms with Gasteiger partial charge in [0.05, 0.1) is 5.92 Å². The summed E-state index contributed by atoms with van der Waals surface area (Å²) in [5.74, 6) is 0.182. The molecule has 30 heavy (non-hydrogen) atoms. The molecule has 1 aliphatic rings. The van der Waals surface area contributed by atoms with Crippen molar-refractivity contribution in [3.05, 3.63) is 70.7 Å². The lowest BCUT2D eigenvalue weighted by Gasteiger charge is -2.32. The Morgan fingerprint density at radius 3 is 2.70 bits per heavy atom. The van der Waals surface area contributed by atoms with Gasteiger partial charge >= 0.3 is 0 Å². The molecule has 0 aliphatic carbocycles. The number of halogens is 2. The van der Waals surface area contributed by atoms with Crippen molar-refractivity contribution in [2.45, 2.75) is 19.8 Å². The van der Waals surface area contributed by atoms with Crippen molar-refractivity contribution in [1.82, 2.24) is 9.97 Å². The number of hydrogen-bond donors (Lipinski definition) is 1. The number of benzene rings is 2. The molecule has 0 saturated carbocycles. The first-order chi connectivity index (χ1) is 14.5. The van der Waals surface area contributed by atoms with Crippen LogP contribution >= 0.6 is 15.9 Å². The fourth-order valence-corrected chi connectivity index (χ4v) is 3.89. The van der Waals surface area contributed by atoms with Gasteiger partial charge in [0.1, 0.15) is 5.82 Å². The summed E-state index contributed by atoms with van der Waals surface area (Å²) in [5.41, 5.74) is 3.37. The number of hydrogen-bond acceptors (Lipinski definition) is 4. The molecule has 5 nitrogen and oxygen atoms in total. The van der Waals surface area contributed by atoms with Gasteiger partial charge in [-0.05, 0) is 61.2 Å². The highest BCUT2D eigenvalue weighted by atomic mass is 79.9. The van der Waals surface area contributed by atoms with E-state index < -0.39 is 0 Å². The van der Waals surface area contributed by atoms with E-state index in [9.17, 15) is 9.18 Å². The molecule has 1 N–H and O–H groups in total. The zero-order valence-corrected chi connectivity index (χ0v) is 18.2. The van der Waals surface area contributed by atoms with Crippen LogP contribution in [0.1, 0.15) is 18.4 Å². The molecule has 2 aromatic carbocycles. The number of carbonyl (C=O) groups is 1. The Balaban J connectivity index is 1.43. The third-order valence-corrected chi connectivity index (χ3v) is 6.19. The molecule has 0 bridgehead atoms. The van der Waals surface area contributed by atoms with Gasteiger partial charge in [0.15, 0.2) is 0 Å². The summed E-state index contributed by atoms with van der Waals surface area (Å²) >= 11 is 3.48. The SMILES string of the molecule is Cc1cc(NC(=O)[C@@H]2CCCN(c3ncc(-c4cccc(F)c4)cn3)C2)ccc1Br. The highest BCUT2D eigenvalue weighted by molar-refractivity contribution is 9.10. The van der Waals surface area contributed by atoms with Crippen LogP contribution in [0.2, 0.25) is 0 Å². The Bertz CT molecular complexity index is 1060. The van der Waals surface area contributed by atoms with Crippen LogP contribution in [0.4, 0.5) is 16.0 Å². The first-order valence-electron chi connectivity index (χ1n) is 9.89. The maximum Gasteiger partial charge on any atom is 0.229 e. The maximum absolute atomic E-state index is 13.5. The Morgan fingerprint density at radius 2 is 1.97 bits per heavy atom. The highest BCUT2D eigenvalue weighted by Crippen LogP contribution is 2.25. The molecule has 1 saturated heterocycles. The van der Waals surface area contributed by atoms with Gasteiger partial charge in [-0.15, -0.1) is 0 Å². The number of nitrogens with one attached hydrogen (secondary N) is 1. The van der Waals surface area contributed by atoms with Crippen LogP contribution < -0.4 is 10.2 Å². The minimum Gasteiger partial charge on any atom is -0.340 e. The monoisotopic (exact) mass is 468 g/mol. The second-order valence-corrected chi connectivity index (χ2v) is 8.37. The normalized spacial score (nSPS) is 16.4. The average Bonchev–Trinajstić information content (AvgIpc) is 2.76. The van der Waals surface area contributed by atoms with Crippen LogP contribution in [-0.4, -0.2) is 29.0 Å². The second-order valence-electron chi connectivity index (χ2n) is 7.52. The number of aromatic nitrogens is 2. The third kappa shape index (κ3) is 4.67. The summed E-state index contributed by atoms with van der Waals surface area (Å²) in [6.07, 6.45) is 5.13. The smallest absolute Gasteiger partial charge is 0.229 e. The number of piperidine rings is 1. The summed E-state index contributed by atoms with van der Waals surface area (Å²) in [7, 11) is 0. The molecule has 2 heterocycles. The minimum atomic E-state index is -0.289. The maximum atomic E-state index is 13.5. The van der Waals surface area contributed by atoms with Crippen molar-refractivity contribution in [2.75, 3.05) is 23.3 Å². The molecule has 3 aromatic rings. The minimum absolute atomic E-state index is 0.0119. The quantitative estimate of drug-likeness (QED) is 0.570. The number of carbonyl (C=O) groups excluding carboxylic acids is 1. The van der Waals surface area contributed by atoms with Crippen molar-refractivity contribution in [2.24, 2.45) is 5.92 Å². The van der Waals surface area contributed by atoms with Gasteiger partial charge in [-0.3, -0.25) is 4.79 Å². The molecule has 1 aromatic heterocycles. The van der Waals surface area contributed by atoms with E-state index in [0.717, 1.165) is 46.2 Å². The van der Waals surface area contributed by atoms with E-state index in [4.69, 9.17) is 0 Å². The Labute approximate surface area is 183 Å². The molecule has 0 unspecified atom stereocenters. The van der Waals surface area contributed by atoms with Crippen molar-refractivity contribution < 1.29 is 9.18 Å². The van der Waals surface area contributed by atoms with Crippen molar-refractivity contribution in [3.63, 3.8) is 0 Å². The van der Waals surface area contributed by atoms with Crippen LogP contribution in [-0.2, 0) is 4.79 Å². The zero-order chi connectivity index (χ0) is 21.1. The van der Waals surface area contributed by atoms with E-state index in [1.54, 1.807) is 18.5 Å². The Morgan fingerprint density at radius 1 is 1.17 bits per heavy atom. The summed E-state index contributed by atoms with van der Waals surface area (Å²) in [5, 5.41) is 3.02. The molecule has 1 aliphatic heterocycles. The van der Waals surface area contributed by atoms with Crippen LogP contribution in [0.25, 0.3) is 11.1 Å². The summed E-state index contributed by atoms with van der Waals surface area (Å²) in [4.78, 5) is 23.7. The van der Waals surface area contributed by atoms with Crippen molar-refractivity contribution >= 4 is 33.5 Å². The van der Waals surface area contributed by atoms with Gasteiger partial charge in [-0.2, -0.15) is 0 Å². The lowest BCUT2D eigenvalue weighted by Crippen LogP contribution is -2.41. The average molecular weight is 469 g/mol. The predicted octanol–water partition coefficient (Wildman–Crippen LogP) is 5.21. The largest absolute Gasteiger partial charge is 0.340 e.